The van der Waals surface area contributed by atoms with E-state index < -0.39 is 0 Å². The van der Waals surface area contributed by atoms with Crippen LogP contribution in [0, 0.1) is 0 Å². The summed E-state index contributed by atoms with van der Waals surface area (Å²) in [5, 5.41) is 0. The van der Waals surface area contributed by atoms with E-state index in [1.807, 2.05) is 6.08 Å². The van der Waals surface area contributed by atoms with Crippen LogP contribution in [0.25, 0.3) is 0 Å². The Balaban J connectivity index is 2.39. The highest BCUT2D eigenvalue weighted by molar-refractivity contribution is 5.87. The van der Waals surface area contributed by atoms with Gasteiger partial charge in [-0.2, -0.15) is 0 Å². The second kappa shape index (κ2) is 8.55. The fourth-order valence-corrected chi connectivity index (χ4v) is 2.50. The summed E-state index contributed by atoms with van der Waals surface area (Å²) in [6.45, 7) is 1.67. The number of carbonyl (C=O) groups excluding carboxylic acids is 1. The van der Waals surface area contributed by atoms with Gasteiger partial charge in [0, 0.05) is 0 Å². The smallest absolute Gasteiger partial charge is 0.152 e. The van der Waals surface area contributed by atoms with Gasteiger partial charge in [0.15, 0.2) is 5.78 Å². The normalized spacial score (nSPS) is 20.7. The molecule has 0 atom stereocenters. The maximum absolute atomic E-state index is 11.1. The Hall–Kier alpha value is -0.590. The van der Waals surface area contributed by atoms with Gasteiger partial charge in [0.25, 0.3) is 0 Å². The molecule has 0 bridgehead atoms. The fraction of sp³-hybridized carbons (Fsp3) is 0.800. The van der Waals surface area contributed by atoms with Gasteiger partial charge in [0.05, 0.1) is 0 Å². The molecule has 0 N–H and O–H groups in total. The van der Waals surface area contributed by atoms with Crippen LogP contribution in [-0.4, -0.2) is 5.78 Å². The van der Waals surface area contributed by atoms with Crippen LogP contribution < -0.4 is 0 Å². The van der Waals surface area contributed by atoms with Gasteiger partial charge in [-0.1, -0.05) is 50.5 Å². The molecule has 0 aromatic heterocycles. The van der Waals surface area contributed by atoms with Crippen molar-refractivity contribution in [2.24, 2.45) is 0 Å². The predicted molar refractivity (Wildman–Crippen MR) is 69.6 cm³/mol. The van der Waals surface area contributed by atoms with Gasteiger partial charge >= 0.3 is 0 Å². The van der Waals surface area contributed by atoms with Gasteiger partial charge in [-0.05, 0) is 38.7 Å². The van der Waals surface area contributed by atoms with Crippen molar-refractivity contribution in [3.8, 4) is 0 Å². The van der Waals surface area contributed by atoms with E-state index >= 15 is 0 Å². The molecule has 1 rings (SSSR count). The lowest BCUT2D eigenvalue weighted by Gasteiger charge is -2.09. The molecule has 0 radical (unpaired) electrons. The molecule has 16 heavy (non-hydrogen) atoms. The van der Waals surface area contributed by atoms with Gasteiger partial charge in [-0.15, -0.1) is 0 Å². The number of rotatable bonds is 1. The quantitative estimate of drug-likeness (QED) is 0.582. The zero-order chi connectivity index (χ0) is 11.6. The van der Waals surface area contributed by atoms with Crippen molar-refractivity contribution >= 4 is 5.78 Å². The van der Waals surface area contributed by atoms with Crippen molar-refractivity contribution in [2.45, 2.75) is 77.6 Å². The Labute approximate surface area is 100 Å². The molecular formula is C15H26O. The average molecular weight is 222 g/mol. The number of allylic oxidation sites excluding steroid dienone is 2. The van der Waals surface area contributed by atoms with Crippen molar-refractivity contribution in [1.82, 2.24) is 0 Å². The van der Waals surface area contributed by atoms with E-state index in [4.69, 9.17) is 0 Å². The van der Waals surface area contributed by atoms with Crippen LogP contribution in [0.3, 0.4) is 0 Å². The molecule has 0 heterocycles. The second-order valence-corrected chi connectivity index (χ2v) is 5.10. The third-order valence-electron chi connectivity index (χ3n) is 3.40. The zero-order valence-corrected chi connectivity index (χ0v) is 10.8. The minimum atomic E-state index is 0.224. The molecule has 92 valence electrons. The van der Waals surface area contributed by atoms with Crippen LogP contribution in [0.5, 0.6) is 0 Å². The minimum Gasteiger partial charge on any atom is -0.295 e. The Morgan fingerprint density at radius 3 is 1.56 bits per heavy atom. The largest absolute Gasteiger partial charge is 0.295 e. The molecule has 0 amide bonds. The van der Waals surface area contributed by atoms with E-state index in [-0.39, 0.29) is 5.78 Å². The lowest BCUT2D eigenvalue weighted by atomic mass is 9.97. The Kier molecular flexibility index (Phi) is 7.20. The van der Waals surface area contributed by atoms with Crippen LogP contribution in [0.4, 0.5) is 0 Å². The topological polar surface area (TPSA) is 17.1 Å². The summed E-state index contributed by atoms with van der Waals surface area (Å²) in [5.74, 6) is 0.224. The molecule has 0 aliphatic heterocycles. The van der Waals surface area contributed by atoms with Crippen molar-refractivity contribution in [3.63, 3.8) is 0 Å². The summed E-state index contributed by atoms with van der Waals surface area (Å²) in [4.78, 5) is 11.1. The molecule has 1 nitrogen and oxygen atoms in total. The van der Waals surface area contributed by atoms with Crippen molar-refractivity contribution in [2.75, 3.05) is 0 Å². The molecule has 1 aliphatic rings. The molecule has 0 saturated heterocycles. The summed E-state index contributed by atoms with van der Waals surface area (Å²) in [5.41, 5.74) is 1.40. The number of carbonyl (C=O) groups is 1. The third kappa shape index (κ3) is 6.81. The Morgan fingerprint density at radius 1 is 0.812 bits per heavy atom. The standard InChI is InChI=1S/C15H26O/c1-14(16)13-15-11-9-7-5-3-2-4-6-8-10-12-15/h13H,2-12H2,1H3. The van der Waals surface area contributed by atoms with E-state index in [9.17, 15) is 4.79 Å². The summed E-state index contributed by atoms with van der Waals surface area (Å²) in [7, 11) is 0. The number of ketones is 1. The van der Waals surface area contributed by atoms with Gasteiger partial charge in [-0.25, -0.2) is 0 Å². The molecular weight excluding hydrogens is 196 g/mol. The molecule has 0 aromatic carbocycles. The Bertz CT molecular complexity index is 214. The van der Waals surface area contributed by atoms with E-state index in [2.05, 4.69) is 0 Å². The molecule has 0 unspecified atom stereocenters. The van der Waals surface area contributed by atoms with Gasteiger partial charge in [0.1, 0.15) is 0 Å². The molecule has 1 heteroatoms. The van der Waals surface area contributed by atoms with Gasteiger partial charge < -0.3 is 0 Å². The second-order valence-electron chi connectivity index (χ2n) is 5.10. The van der Waals surface area contributed by atoms with E-state index in [0.29, 0.717) is 0 Å². The summed E-state index contributed by atoms with van der Waals surface area (Å²) in [6, 6.07) is 0. The predicted octanol–water partition coefficient (Wildman–Crippen LogP) is 4.81. The van der Waals surface area contributed by atoms with Crippen LogP contribution >= 0.6 is 0 Å². The maximum atomic E-state index is 11.1. The summed E-state index contributed by atoms with van der Waals surface area (Å²) >= 11 is 0. The first-order valence-corrected chi connectivity index (χ1v) is 6.99. The average Bonchev–Trinajstić information content (AvgIpc) is 2.21. The van der Waals surface area contributed by atoms with Crippen LogP contribution in [0.2, 0.25) is 0 Å². The van der Waals surface area contributed by atoms with Gasteiger partial charge in [-0.3, -0.25) is 4.79 Å². The maximum Gasteiger partial charge on any atom is 0.152 e. The molecule has 1 saturated carbocycles. The lowest BCUT2D eigenvalue weighted by molar-refractivity contribution is -0.112. The highest BCUT2D eigenvalue weighted by Crippen LogP contribution is 2.20. The fourth-order valence-electron chi connectivity index (χ4n) is 2.50. The highest BCUT2D eigenvalue weighted by atomic mass is 16.1. The summed E-state index contributed by atoms with van der Waals surface area (Å²) in [6.07, 6.45) is 16.4. The first-order chi connectivity index (χ1) is 7.79. The first-order valence-electron chi connectivity index (χ1n) is 6.99. The molecule has 1 fully saturated rings. The van der Waals surface area contributed by atoms with Crippen LogP contribution in [-0.2, 0) is 4.79 Å². The molecule has 1 aliphatic carbocycles. The van der Waals surface area contributed by atoms with Crippen LogP contribution in [0.15, 0.2) is 11.6 Å². The minimum absolute atomic E-state index is 0.224. The lowest BCUT2D eigenvalue weighted by Crippen LogP contribution is -1.93. The highest BCUT2D eigenvalue weighted by Gasteiger charge is 2.02. The number of hydrogen-bond acceptors (Lipinski definition) is 1. The van der Waals surface area contributed by atoms with Crippen LogP contribution in [0.1, 0.15) is 77.6 Å². The van der Waals surface area contributed by atoms with Crippen molar-refractivity contribution < 1.29 is 4.79 Å². The molecule has 0 aromatic rings. The third-order valence-corrected chi connectivity index (χ3v) is 3.40. The SMILES string of the molecule is CC(=O)C=C1CCCCCCCCCCC1. The Morgan fingerprint density at radius 2 is 1.19 bits per heavy atom. The van der Waals surface area contributed by atoms with E-state index in [1.165, 1.54) is 63.4 Å². The van der Waals surface area contributed by atoms with E-state index in [0.717, 1.165) is 12.8 Å². The van der Waals surface area contributed by atoms with Crippen molar-refractivity contribution in [1.29, 1.82) is 0 Å². The van der Waals surface area contributed by atoms with Crippen molar-refractivity contribution in [3.05, 3.63) is 11.6 Å². The van der Waals surface area contributed by atoms with E-state index in [1.54, 1.807) is 6.92 Å². The first kappa shape index (κ1) is 13.5. The van der Waals surface area contributed by atoms with Gasteiger partial charge in [0.2, 0.25) is 0 Å². The molecule has 0 spiro atoms. The zero-order valence-electron chi connectivity index (χ0n) is 10.8. The monoisotopic (exact) mass is 222 g/mol. The summed E-state index contributed by atoms with van der Waals surface area (Å²) < 4.78 is 0. The number of hydrogen-bond donors (Lipinski definition) is 0.